The van der Waals surface area contributed by atoms with Gasteiger partial charge in [-0.3, -0.25) is 15.0 Å². The molecule has 0 fully saturated rings. The Morgan fingerprint density at radius 3 is 1.90 bits per heavy atom. The summed E-state index contributed by atoms with van der Waals surface area (Å²) in [6.07, 6.45) is -1.33. The molecule has 162 valence electrons. The van der Waals surface area contributed by atoms with E-state index in [0.29, 0.717) is 16.9 Å². The molecule has 0 aliphatic heterocycles. The topological polar surface area (TPSA) is 113 Å². The second-order valence-electron chi connectivity index (χ2n) is 9.22. The molecule has 0 aliphatic carbocycles. The monoisotopic (exact) mass is 416 g/mol. The van der Waals surface area contributed by atoms with Gasteiger partial charge in [0.1, 0.15) is 22.9 Å². The quantitative estimate of drug-likeness (QED) is 0.481. The number of nitro benzene ring substituents is 1. The van der Waals surface area contributed by atoms with Crippen LogP contribution in [-0.2, 0) is 10.8 Å². The van der Waals surface area contributed by atoms with Gasteiger partial charge in [0, 0.05) is 30.3 Å². The first-order valence-electron chi connectivity index (χ1n) is 9.44. The van der Waals surface area contributed by atoms with Crippen LogP contribution < -0.4 is 9.64 Å². The number of carboxylic acid groups (broad SMARTS) is 1. The van der Waals surface area contributed by atoms with Gasteiger partial charge < -0.3 is 14.9 Å². The van der Waals surface area contributed by atoms with Gasteiger partial charge in [-0.1, -0.05) is 41.5 Å². The fourth-order valence-corrected chi connectivity index (χ4v) is 3.04. The van der Waals surface area contributed by atoms with Crippen LogP contribution in [0.25, 0.3) is 0 Å². The van der Waals surface area contributed by atoms with Gasteiger partial charge in [-0.25, -0.2) is 4.79 Å². The molecule has 30 heavy (non-hydrogen) atoms. The molecule has 8 nitrogen and oxygen atoms in total. The molecule has 0 spiro atoms. The molecule has 0 aliphatic rings. The summed E-state index contributed by atoms with van der Waals surface area (Å²) in [6.45, 7) is 11.9. The number of phenolic OH excluding ortho intramolecular Hbond substituents is 1. The third-order valence-electron chi connectivity index (χ3n) is 4.73. The summed E-state index contributed by atoms with van der Waals surface area (Å²) in [5.41, 5.74) is 0.255. The zero-order chi connectivity index (χ0) is 23.0. The van der Waals surface area contributed by atoms with Crippen molar-refractivity contribution in [2.75, 3.05) is 11.9 Å². The van der Waals surface area contributed by atoms with Crippen LogP contribution in [0.4, 0.5) is 16.2 Å². The lowest BCUT2D eigenvalue weighted by Crippen LogP contribution is -2.24. The van der Waals surface area contributed by atoms with Gasteiger partial charge in [0.25, 0.3) is 5.69 Å². The maximum absolute atomic E-state index is 11.3. The molecule has 2 N–H and O–H groups in total. The van der Waals surface area contributed by atoms with Gasteiger partial charge in [0.15, 0.2) is 0 Å². The highest BCUT2D eigenvalue weighted by Crippen LogP contribution is 2.43. The Hall–Kier alpha value is -3.29. The number of rotatable bonds is 4. The van der Waals surface area contributed by atoms with Gasteiger partial charge in [-0.05, 0) is 29.0 Å². The highest BCUT2D eigenvalue weighted by atomic mass is 16.6. The number of anilines is 1. The van der Waals surface area contributed by atoms with Crippen LogP contribution in [0, 0.1) is 10.1 Å². The smallest absolute Gasteiger partial charge is 0.411 e. The van der Waals surface area contributed by atoms with Gasteiger partial charge in [-0.2, -0.15) is 0 Å². The second-order valence-corrected chi connectivity index (χ2v) is 9.22. The number of nitrogens with zero attached hydrogens (tertiary/aromatic N) is 2. The fraction of sp³-hybridized carbons (Fsp3) is 0.409. The van der Waals surface area contributed by atoms with E-state index >= 15 is 0 Å². The Morgan fingerprint density at radius 2 is 1.50 bits per heavy atom. The highest BCUT2D eigenvalue weighted by molar-refractivity contribution is 5.89. The Bertz CT molecular complexity index is 951. The molecule has 0 aromatic heterocycles. The summed E-state index contributed by atoms with van der Waals surface area (Å²) >= 11 is 0. The molecular formula is C22H28N2O6. The lowest BCUT2D eigenvalue weighted by Gasteiger charge is -2.28. The van der Waals surface area contributed by atoms with E-state index < -0.39 is 11.0 Å². The number of carbonyl (C=O) groups is 1. The molecule has 0 unspecified atom stereocenters. The Kier molecular flexibility index (Phi) is 6.02. The summed E-state index contributed by atoms with van der Waals surface area (Å²) in [4.78, 5) is 22.7. The van der Waals surface area contributed by atoms with Crippen molar-refractivity contribution in [2.24, 2.45) is 0 Å². The molecule has 0 atom stereocenters. The van der Waals surface area contributed by atoms with Crippen molar-refractivity contribution in [2.45, 2.75) is 52.4 Å². The predicted octanol–water partition coefficient (Wildman–Crippen LogP) is 5.80. The number of amides is 1. The third kappa shape index (κ3) is 4.82. The van der Waals surface area contributed by atoms with Gasteiger partial charge in [-0.15, -0.1) is 0 Å². The zero-order valence-electron chi connectivity index (χ0n) is 18.3. The van der Waals surface area contributed by atoms with Crippen LogP contribution in [0.15, 0.2) is 30.3 Å². The number of phenols is 1. The van der Waals surface area contributed by atoms with Crippen LogP contribution in [0.3, 0.4) is 0 Å². The zero-order valence-corrected chi connectivity index (χ0v) is 18.3. The van der Waals surface area contributed by atoms with Gasteiger partial charge in [0.05, 0.1) is 4.92 Å². The number of hydrogen-bond donors (Lipinski definition) is 2. The average molecular weight is 416 g/mol. The molecule has 1 amide bonds. The van der Waals surface area contributed by atoms with E-state index in [0.717, 1.165) is 4.90 Å². The Balaban J connectivity index is 2.61. The number of ether oxygens (including phenoxy) is 1. The van der Waals surface area contributed by atoms with E-state index in [-0.39, 0.29) is 33.7 Å². The van der Waals surface area contributed by atoms with Crippen molar-refractivity contribution in [1.82, 2.24) is 0 Å². The van der Waals surface area contributed by atoms with Crippen molar-refractivity contribution in [3.63, 3.8) is 0 Å². The number of hydrogen-bond acceptors (Lipinski definition) is 5. The SMILES string of the molecule is CN(C(=O)O)c1cc(Oc2cc(C(C)(C)C)c(O)c(C(C)(C)C)c2)ccc1[N+](=O)[O-]. The molecule has 0 radical (unpaired) electrons. The van der Waals surface area contributed by atoms with Crippen LogP contribution >= 0.6 is 0 Å². The molecule has 2 aromatic rings. The van der Waals surface area contributed by atoms with E-state index in [1.165, 1.54) is 25.2 Å². The molecular weight excluding hydrogens is 388 g/mol. The van der Waals surface area contributed by atoms with Crippen molar-refractivity contribution >= 4 is 17.5 Å². The highest BCUT2D eigenvalue weighted by Gasteiger charge is 2.27. The lowest BCUT2D eigenvalue weighted by atomic mass is 9.79. The summed E-state index contributed by atoms with van der Waals surface area (Å²) in [7, 11) is 1.23. The Labute approximate surface area is 175 Å². The molecule has 0 bridgehead atoms. The fourth-order valence-electron chi connectivity index (χ4n) is 3.04. The summed E-state index contributed by atoms with van der Waals surface area (Å²) in [5.74, 6) is 0.895. The van der Waals surface area contributed by atoms with Crippen LogP contribution in [0.5, 0.6) is 17.2 Å². The minimum absolute atomic E-state index is 0.101. The third-order valence-corrected chi connectivity index (χ3v) is 4.73. The Morgan fingerprint density at radius 1 is 1.00 bits per heavy atom. The minimum atomic E-state index is -1.33. The normalized spacial score (nSPS) is 11.8. The van der Waals surface area contributed by atoms with Crippen molar-refractivity contribution in [1.29, 1.82) is 0 Å². The van der Waals surface area contributed by atoms with Crippen molar-refractivity contribution < 1.29 is 24.7 Å². The van der Waals surface area contributed by atoms with Gasteiger partial charge in [0.2, 0.25) is 0 Å². The molecule has 0 saturated carbocycles. The maximum Gasteiger partial charge on any atom is 0.411 e. The van der Waals surface area contributed by atoms with Crippen LogP contribution in [-0.4, -0.2) is 28.3 Å². The van der Waals surface area contributed by atoms with Crippen molar-refractivity contribution in [3.8, 4) is 17.2 Å². The molecule has 8 heteroatoms. The second kappa shape index (κ2) is 7.85. The maximum atomic E-state index is 11.3. The predicted molar refractivity (Wildman–Crippen MR) is 115 cm³/mol. The van der Waals surface area contributed by atoms with E-state index in [4.69, 9.17) is 4.74 Å². The number of nitro groups is 1. The summed E-state index contributed by atoms with van der Waals surface area (Å²) < 4.78 is 5.96. The van der Waals surface area contributed by atoms with E-state index in [1.807, 2.05) is 41.5 Å². The molecule has 0 saturated heterocycles. The minimum Gasteiger partial charge on any atom is -0.507 e. The first-order valence-corrected chi connectivity index (χ1v) is 9.44. The van der Waals surface area contributed by atoms with Crippen LogP contribution in [0.2, 0.25) is 0 Å². The van der Waals surface area contributed by atoms with Gasteiger partial charge >= 0.3 is 6.09 Å². The van der Waals surface area contributed by atoms with E-state index in [2.05, 4.69) is 0 Å². The molecule has 2 aromatic carbocycles. The summed E-state index contributed by atoms with van der Waals surface area (Å²) in [5, 5.41) is 31.3. The molecule has 0 heterocycles. The molecule has 2 rings (SSSR count). The largest absolute Gasteiger partial charge is 0.507 e. The number of benzene rings is 2. The standard InChI is InChI=1S/C22H28N2O6/c1-21(2,3)15-10-14(11-16(19(15)25)22(4,5)6)30-13-8-9-17(24(28)29)18(12-13)23(7)20(26)27/h8-12,25H,1-7H3,(H,26,27). The number of aromatic hydroxyl groups is 1. The van der Waals surface area contributed by atoms with Crippen molar-refractivity contribution in [3.05, 3.63) is 51.6 Å². The van der Waals surface area contributed by atoms with E-state index in [9.17, 15) is 25.1 Å². The lowest BCUT2D eigenvalue weighted by molar-refractivity contribution is -0.384. The van der Waals surface area contributed by atoms with Crippen LogP contribution in [0.1, 0.15) is 52.7 Å². The van der Waals surface area contributed by atoms with E-state index in [1.54, 1.807) is 12.1 Å². The first-order chi connectivity index (χ1) is 13.6. The summed E-state index contributed by atoms with van der Waals surface area (Å²) in [6, 6.07) is 7.39. The first kappa shape index (κ1) is 23.0. The average Bonchev–Trinajstić information content (AvgIpc) is 2.60.